The predicted molar refractivity (Wildman–Crippen MR) is 88.6 cm³/mol. The second-order valence-corrected chi connectivity index (χ2v) is 5.46. The second-order valence-electron chi connectivity index (χ2n) is 4.62. The van der Waals surface area contributed by atoms with Crippen LogP contribution in [0.4, 0.5) is 5.69 Å². The summed E-state index contributed by atoms with van der Waals surface area (Å²) in [6.45, 7) is 0. The topological polar surface area (TPSA) is 58.2 Å². The van der Waals surface area contributed by atoms with Crippen molar-refractivity contribution in [3.05, 3.63) is 63.6 Å². The average molecular weight is 337 g/mol. The summed E-state index contributed by atoms with van der Waals surface area (Å²) in [5, 5.41) is 6.27. The molecule has 0 unspecified atom stereocenters. The van der Waals surface area contributed by atoms with Crippen molar-refractivity contribution in [2.75, 3.05) is 12.4 Å². The Labute approximate surface area is 138 Å². The molecule has 0 spiro atoms. The van der Waals surface area contributed by atoms with Gasteiger partial charge in [-0.15, -0.1) is 0 Å². The Balaban J connectivity index is 2.01. The molecule has 2 N–H and O–H groups in total. The quantitative estimate of drug-likeness (QED) is 0.897. The summed E-state index contributed by atoms with van der Waals surface area (Å²) in [5.41, 5.74) is 1.84. The number of hydrogen-bond acceptors (Lipinski definition) is 2. The first-order valence-electron chi connectivity index (χ1n) is 6.55. The Kier molecular flexibility index (Phi) is 5.41. The van der Waals surface area contributed by atoms with Crippen LogP contribution in [0.3, 0.4) is 0 Å². The highest BCUT2D eigenvalue weighted by Gasteiger charge is 2.09. The maximum atomic E-state index is 12.0. The third-order valence-corrected chi connectivity index (χ3v) is 3.61. The number of amides is 2. The lowest BCUT2D eigenvalue weighted by atomic mass is 10.1. The zero-order chi connectivity index (χ0) is 16.1. The lowest BCUT2D eigenvalue weighted by Crippen LogP contribution is -2.18. The van der Waals surface area contributed by atoms with Crippen molar-refractivity contribution < 1.29 is 9.59 Å². The number of nitrogens with one attached hydrogen (secondary N) is 2. The van der Waals surface area contributed by atoms with Crippen molar-refractivity contribution in [2.24, 2.45) is 0 Å². The van der Waals surface area contributed by atoms with Gasteiger partial charge in [0, 0.05) is 28.3 Å². The first-order chi connectivity index (χ1) is 10.5. The highest BCUT2D eigenvalue weighted by molar-refractivity contribution is 6.35. The van der Waals surface area contributed by atoms with Crippen molar-refractivity contribution in [1.29, 1.82) is 0 Å². The Morgan fingerprint density at radius 2 is 1.73 bits per heavy atom. The maximum Gasteiger partial charge on any atom is 0.251 e. The van der Waals surface area contributed by atoms with Gasteiger partial charge in [-0.3, -0.25) is 9.59 Å². The minimum absolute atomic E-state index is 0.146. The van der Waals surface area contributed by atoms with Crippen LogP contribution in [-0.2, 0) is 11.2 Å². The molecule has 4 nitrogen and oxygen atoms in total. The Morgan fingerprint density at radius 1 is 1.05 bits per heavy atom. The number of rotatable bonds is 4. The SMILES string of the molecule is CNC(=O)c1ccc(NC(=O)Cc2ccc(Cl)cc2Cl)cc1. The Hall–Kier alpha value is -2.04. The van der Waals surface area contributed by atoms with E-state index in [1.807, 2.05) is 0 Å². The summed E-state index contributed by atoms with van der Waals surface area (Å²) < 4.78 is 0. The number of carbonyl (C=O) groups excluding carboxylic acids is 2. The molecule has 2 aromatic carbocycles. The molecule has 2 amide bonds. The zero-order valence-electron chi connectivity index (χ0n) is 11.8. The molecular weight excluding hydrogens is 323 g/mol. The summed E-state index contributed by atoms with van der Waals surface area (Å²) in [6, 6.07) is 11.6. The van der Waals surface area contributed by atoms with E-state index in [1.165, 1.54) is 0 Å². The summed E-state index contributed by atoms with van der Waals surface area (Å²) in [6.07, 6.45) is 0.146. The van der Waals surface area contributed by atoms with Gasteiger partial charge >= 0.3 is 0 Å². The monoisotopic (exact) mass is 336 g/mol. The largest absolute Gasteiger partial charge is 0.355 e. The van der Waals surface area contributed by atoms with Crippen LogP contribution in [0.5, 0.6) is 0 Å². The Bertz CT molecular complexity index is 700. The molecule has 0 aliphatic rings. The first kappa shape index (κ1) is 16.3. The molecule has 0 aliphatic heterocycles. The number of benzene rings is 2. The molecule has 0 bridgehead atoms. The molecule has 114 valence electrons. The standard InChI is InChI=1S/C16H14Cl2N2O2/c1-19-16(22)10-3-6-13(7-4-10)20-15(21)8-11-2-5-12(17)9-14(11)18/h2-7,9H,8H2,1H3,(H,19,22)(H,20,21). The van der Waals surface area contributed by atoms with Gasteiger partial charge in [0.2, 0.25) is 5.91 Å². The Morgan fingerprint density at radius 3 is 2.32 bits per heavy atom. The molecule has 0 aromatic heterocycles. The van der Waals surface area contributed by atoms with Gasteiger partial charge in [-0.1, -0.05) is 29.3 Å². The minimum Gasteiger partial charge on any atom is -0.355 e. The van der Waals surface area contributed by atoms with Crippen LogP contribution in [0.1, 0.15) is 15.9 Å². The van der Waals surface area contributed by atoms with Gasteiger partial charge in [-0.2, -0.15) is 0 Å². The molecule has 6 heteroatoms. The van der Waals surface area contributed by atoms with E-state index in [2.05, 4.69) is 10.6 Å². The van der Waals surface area contributed by atoms with Crippen LogP contribution < -0.4 is 10.6 Å². The lowest BCUT2D eigenvalue weighted by Gasteiger charge is -2.08. The maximum absolute atomic E-state index is 12.0. The van der Waals surface area contributed by atoms with Gasteiger partial charge < -0.3 is 10.6 Å². The average Bonchev–Trinajstić information content (AvgIpc) is 2.50. The van der Waals surface area contributed by atoms with Gasteiger partial charge in [-0.25, -0.2) is 0 Å². The molecular formula is C16H14Cl2N2O2. The van der Waals surface area contributed by atoms with Crippen molar-refractivity contribution in [3.63, 3.8) is 0 Å². The molecule has 0 fully saturated rings. The number of carbonyl (C=O) groups is 2. The normalized spacial score (nSPS) is 10.1. The summed E-state index contributed by atoms with van der Waals surface area (Å²) in [7, 11) is 1.56. The van der Waals surface area contributed by atoms with Crippen molar-refractivity contribution >= 4 is 40.7 Å². The van der Waals surface area contributed by atoms with E-state index >= 15 is 0 Å². The molecule has 0 heterocycles. The van der Waals surface area contributed by atoms with Gasteiger partial charge in [0.1, 0.15) is 0 Å². The molecule has 0 saturated carbocycles. The van der Waals surface area contributed by atoms with E-state index in [0.29, 0.717) is 26.9 Å². The smallest absolute Gasteiger partial charge is 0.251 e. The van der Waals surface area contributed by atoms with Crippen LogP contribution in [0, 0.1) is 0 Å². The third-order valence-electron chi connectivity index (χ3n) is 3.02. The summed E-state index contributed by atoms with van der Waals surface area (Å²) >= 11 is 11.9. The van der Waals surface area contributed by atoms with E-state index in [9.17, 15) is 9.59 Å². The molecule has 0 radical (unpaired) electrons. The molecule has 2 rings (SSSR count). The van der Waals surface area contributed by atoms with Crippen LogP contribution >= 0.6 is 23.2 Å². The minimum atomic E-state index is -0.197. The number of anilines is 1. The fourth-order valence-electron chi connectivity index (χ4n) is 1.89. The fourth-order valence-corrected chi connectivity index (χ4v) is 2.37. The van der Waals surface area contributed by atoms with Gasteiger partial charge in [-0.05, 0) is 42.0 Å². The van der Waals surface area contributed by atoms with E-state index in [-0.39, 0.29) is 18.2 Å². The van der Waals surface area contributed by atoms with E-state index in [0.717, 1.165) is 0 Å². The molecule has 22 heavy (non-hydrogen) atoms. The molecule has 2 aromatic rings. The molecule has 0 saturated heterocycles. The highest BCUT2D eigenvalue weighted by atomic mass is 35.5. The van der Waals surface area contributed by atoms with Crippen molar-refractivity contribution in [1.82, 2.24) is 5.32 Å². The number of halogens is 2. The summed E-state index contributed by atoms with van der Waals surface area (Å²) in [4.78, 5) is 23.4. The van der Waals surface area contributed by atoms with Crippen LogP contribution in [0.2, 0.25) is 10.0 Å². The second kappa shape index (κ2) is 7.29. The van der Waals surface area contributed by atoms with Gasteiger partial charge in [0.25, 0.3) is 5.91 Å². The highest BCUT2D eigenvalue weighted by Crippen LogP contribution is 2.21. The van der Waals surface area contributed by atoms with Crippen molar-refractivity contribution in [3.8, 4) is 0 Å². The fraction of sp³-hybridized carbons (Fsp3) is 0.125. The van der Waals surface area contributed by atoms with Crippen LogP contribution in [-0.4, -0.2) is 18.9 Å². The van der Waals surface area contributed by atoms with E-state index in [4.69, 9.17) is 23.2 Å². The zero-order valence-corrected chi connectivity index (χ0v) is 13.3. The molecule has 0 atom stereocenters. The van der Waals surface area contributed by atoms with E-state index in [1.54, 1.807) is 49.5 Å². The number of hydrogen-bond donors (Lipinski definition) is 2. The van der Waals surface area contributed by atoms with Gasteiger partial charge in [0.05, 0.1) is 6.42 Å². The van der Waals surface area contributed by atoms with Gasteiger partial charge in [0.15, 0.2) is 0 Å². The van der Waals surface area contributed by atoms with Crippen molar-refractivity contribution in [2.45, 2.75) is 6.42 Å². The first-order valence-corrected chi connectivity index (χ1v) is 7.31. The third kappa shape index (κ3) is 4.23. The lowest BCUT2D eigenvalue weighted by molar-refractivity contribution is -0.115. The molecule has 0 aliphatic carbocycles. The predicted octanol–water partition coefficient (Wildman–Crippen LogP) is 3.53. The van der Waals surface area contributed by atoms with Crippen LogP contribution in [0.15, 0.2) is 42.5 Å². The van der Waals surface area contributed by atoms with Crippen LogP contribution in [0.25, 0.3) is 0 Å². The van der Waals surface area contributed by atoms with E-state index < -0.39 is 0 Å². The summed E-state index contributed by atoms with van der Waals surface area (Å²) in [5.74, 6) is -0.372.